The van der Waals surface area contributed by atoms with Crippen LogP contribution in [0.3, 0.4) is 0 Å². The maximum absolute atomic E-state index is 6.22. The van der Waals surface area contributed by atoms with Gasteiger partial charge in [0.25, 0.3) is 0 Å². The number of piperidine rings is 1. The van der Waals surface area contributed by atoms with Crippen LogP contribution in [0.25, 0.3) is 0 Å². The minimum atomic E-state index is 0.607. The summed E-state index contributed by atoms with van der Waals surface area (Å²) < 4.78 is 6.07. The van der Waals surface area contributed by atoms with E-state index in [4.69, 9.17) is 27.9 Å². The first-order valence-corrected chi connectivity index (χ1v) is 11.6. The van der Waals surface area contributed by atoms with Crippen molar-refractivity contribution in [3.63, 3.8) is 0 Å². The van der Waals surface area contributed by atoms with Gasteiger partial charge in [-0.25, -0.2) is 0 Å². The Morgan fingerprint density at radius 3 is 2.38 bits per heavy atom. The van der Waals surface area contributed by atoms with Crippen LogP contribution in [0.1, 0.15) is 36.8 Å². The van der Waals surface area contributed by atoms with Crippen LogP contribution in [0.4, 0.5) is 5.69 Å². The predicted molar refractivity (Wildman–Crippen MR) is 123 cm³/mol. The summed E-state index contributed by atoms with van der Waals surface area (Å²) in [7, 11) is 0. The molecule has 0 unspecified atom stereocenters. The van der Waals surface area contributed by atoms with Crippen LogP contribution in [-0.2, 0) is 12.8 Å². The Hall–Kier alpha value is -1.42. The van der Waals surface area contributed by atoms with E-state index in [9.17, 15) is 0 Å². The first-order chi connectivity index (χ1) is 14.2. The maximum atomic E-state index is 6.22. The second-order valence-corrected chi connectivity index (χ2v) is 8.93. The fourth-order valence-corrected chi connectivity index (χ4v) is 4.68. The van der Waals surface area contributed by atoms with E-state index in [1.807, 2.05) is 12.1 Å². The van der Waals surface area contributed by atoms with Crippen LogP contribution < -0.4 is 9.64 Å². The first-order valence-electron chi connectivity index (χ1n) is 10.9. The molecule has 29 heavy (non-hydrogen) atoms. The number of likely N-dealkylation sites (tertiary alicyclic amines) is 1. The van der Waals surface area contributed by atoms with Crippen molar-refractivity contribution in [1.29, 1.82) is 0 Å². The molecule has 0 N–H and O–H groups in total. The minimum absolute atomic E-state index is 0.607. The average Bonchev–Trinajstić information content (AvgIpc) is 2.96. The maximum Gasteiger partial charge on any atom is 0.119 e. The van der Waals surface area contributed by atoms with Gasteiger partial charge in [-0.05, 0) is 86.7 Å². The van der Waals surface area contributed by atoms with Crippen LogP contribution in [-0.4, -0.2) is 44.2 Å². The summed E-state index contributed by atoms with van der Waals surface area (Å²) in [5.41, 5.74) is 3.97. The predicted octanol–water partition coefficient (Wildman–Crippen LogP) is 5.85. The molecule has 0 saturated carbocycles. The van der Waals surface area contributed by atoms with Gasteiger partial charge in [0.15, 0.2) is 0 Å². The summed E-state index contributed by atoms with van der Waals surface area (Å²) in [5, 5.41) is 1.22. The standard InChI is InChI=1S/C24H30Cl2N2O/c25-23-8-6-21(18-24(23)26)28-14-9-19-5-7-22(17-20(19)10-15-28)29-16-4-13-27-11-2-1-3-12-27/h5-8,17-18H,1-4,9-16H2. The van der Waals surface area contributed by atoms with E-state index in [1.165, 1.54) is 43.5 Å². The van der Waals surface area contributed by atoms with Gasteiger partial charge in [0.05, 0.1) is 16.7 Å². The van der Waals surface area contributed by atoms with Crippen LogP contribution in [0.15, 0.2) is 36.4 Å². The molecule has 0 radical (unpaired) electrons. The molecule has 2 heterocycles. The molecule has 0 amide bonds. The Bertz CT molecular complexity index is 821. The highest BCUT2D eigenvalue weighted by molar-refractivity contribution is 6.42. The lowest BCUT2D eigenvalue weighted by molar-refractivity contribution is 0.205. The van der Waals surface area contributed by atoms with Gasteiger partial charge in [-0.2, -0.15) is 0 Å². The fourth-order valence-electron chi connectivity index (χ4n) is 4.39. The van der Waals surface area contributed by atoms with Crippen molar-refractivity contribution < 1.29 is 4.74 Å². The average molecular weight is 433 g/mol. The highest BCUT2D eigenvalue weighted by Crippen LogP contribution is 2.29. The minimum Gasteiger partial charge on any atom is -0.494 e. The SMILES string of the molecule is Clc1ccc(N2CCc3ccc(OCCCN4CCCCC4)cc3CC2)cc1Cl. The number of nitrogens with zero attached hydrogens (tertiary/aromatic N) is 2. The number of hydrogen-bond acceptors (Lipinski definition) is 3. The number of fused-ring (bicyclic) bond motifs is 1. The fraction of sp³-hybridized carbons (Fsp3) is 0.500. The number of anilines is 1. The van der Waals surface area contributed by atoms with Crippen molar-refractivity contribution in [1.82, 2.24) is 4.90 Å². The van der Waals surface area contributed by atoms with Crippen molar-refractivity contribution in [2.45, 2.75) is 38.5 Å². The van der Waals surface area contributed by atoms with Gasteiger partial charge in [-0.1, -0.05) is 35.7 Å². The van der Waals surface area contributed by atoms with Crippen molar-refractivity contribution in [2.75, 3.05) is 44.2 Å². The molecule has 1 saturated heterocycles. The number of benzene rings is 2. The van der Waals surface area contributed by atoms with E-state index in [0.717, 1.165) is 56.9 Å². The largest absolute Gasteiger partial charge is 0.494 e. The molecular weight excluding hydrogens is 403 g/mol. The van der Waals surface area contributed by atoms with E-state index in [0.29, 0.717) is 10.0 Å². The molecule has 0 atom stereocenters. The van der Waals surface area contributed by atoms with Gasteiger partial charge in [-0.15, -0.1) is 0 Å². The molecule has 2 aromatic rings. The molecule has 0 aromatic heterocycles. The zero-order chi connectivity index (χ0) is 20.1. The highest BCUT2D eigenvalue weighted by atomic mass is 35.5. The molecular formula is C24H30Cl2N2O. The Kier molecular flexibility index (Phi) is 7.23. The molecule has 1 fully saturated rings. The van der Waals surface area contributed by atoms with E-state index in [1.54, 1.807) is 0 Å². The summed E-state index contributed by atoms with van der Waals surface area (Å²) in [6, 6.07) is 12.5. The lowest BCUT2D eigenvalue weighted by atomic mass is 10.0. The molecule has 2 aliphatic heterocycles. The lowest BCUT2D eigenvalue weighted by Gasteiger charge is -2.26. The van der Waals surface area contributed by atoms with Crippen molar-refractivity contribution >= 4 is 28.9 Å². The smallest absolute Gasteiger partial charge is 0.119 e. The van der Waals surface area contributed by atoms with E-state index < -0.39 is 0 Å². The number of rotatable bonds is 6. The van der Waals surface area contributed by atoms with E-state index in [-0.39, 0.29) is 0 Å². The van der Waals surface area contributed by atoms with E-state index >= 15 is 0 Å². The van der Waals surface area contributed by atoms with Crippen LogP contribution in [0.2, 0.25) is 10.0 Å². The van der Waals surface area contributed by atoms with Crippen molar-refractivity contribution in [2.24, 2.45) is 0 Å². The molecule has 2 aliphatic rings. The summed E-state index contributed by atoms with van der Waals surface area (Å²) >= 11 is 12.3. The third-order valence-corrected chi connectivity index (χ3v) is 6.82. The molecule has 3 nitrogen and oxygen atoms in total. The van der Waals surface area contributed by atoms with Gasteiger partial charge in [0.1, 0.15) is 5.75 Å². The third kappa shape index (κ3) is 5.59. The van der Waals surface area contributed by atoms with Crippen molar-refractivity contribution in [3.8, 4) is 5.75 Å². The van der Waals surface area contributed by atoms with Crippen LogP contribution in [0, 0.1) is 0 Å². The monoisotopic (exact) mass is 432 g/mol. The second kappa shape index (κ2) is 10.1. The van der Waals surface area contributed by atoms with Crippen LogP contribution in [0.5, 0.6) is 5.75 Å². The molecule has 0 bridgehead atoms. The van der Waals surface area contributed by atoms with Gasteiger partial charge < -0.3 is 14.5 Å². The number of halogens is 2. The topological polar surface area (TPSA) is 15.7 Å². The summed E-state index contributed by atoms with van der Waals surface area (Å²) in [6.45, 7) is 6.43. The molecule has 156 valence electrons. The highest BCUT2D eigenvalue weighted by Gasteiger charge is 2.16. The molecule has 0 spiro atoms. The van der Waals surface area contributed by atoms with Gasteiger partial charge in [0.2, 0.25) is 0 Å². The lowest BCUT2D eigenvalue weighted by Crippen LogP contribution is -2.31. The quantitative estimate of drug-likeness (QED) is 0.532. The van der Waals surface area contributed by atoms with Crippen molar-refractivity contribution in [3.05, 3.63) is 57.6 Å². The number of hydrogen-bond donors (Lipinski definition) is 0. The van der Waals surface area contributed by atoms with Gasteiger partial charge >= 0.3 is 0 Å². The van der Waals surface area contributed by atoms with Gasteiger partial charge in [0, 0.05) is 25.3 Å². The molecule has 0 aliphatic carbocycles. The Labute approximate surface area is 184 Å². The number of ether oxygens (including phenoxy) is 1. The molecule has 2 aromatic carbocycles. The summed E-state index contributed by atoms with van der Waals surface area (Å²) in [4.78, 5) is 4.96. The Balaban J connectivity index is 1.30. The first kappa shape index (κ1) is 20.8. The Morgan fingerprint density at radius 1 is 0.793 bits per heavy atom. The zero-order valence-corrected chi connectivity index (χ0v) is 18.5. The van der Waals surface area contributed by atoms with Crippen LogP contribution >= 0.6 is 23.2 Å². The second-order valence-electron chi connectivity index (χ2n) is 8.12. The molecule has 4 rings (SSSR count). The summed E-state index contributed by atoms with van der Waals surface area (Å²) in [5.74, 6) is 1.00. The van der Waals surface area contributed by atoms with Gasteiger partial charge in [-0.3, -0.25) is 0 Å². The summed E-state index contributed by atoms with van der Waals surface area (Å²) in [6.07, 6.45) is 7.24. The van der Waals surface area contributed by atoms with E-state index in [2.05, 4.69) is 34.1 Å². The Morgan fingerprint density at radius 2 is 1.59 bits per heavy atom. The normalized spacial score (nSPS) is 17.7. The third-order valence-electron chi connectivity index (χ3n) is 6.08. The molecule has 5 heteroatoms. The zero-order valence-electron chi connectivity index (χ0n) is 17.0.